The molecule has 1 aliphatic carbocycles. The molecule has 0 aromatic carbocycles. The van der Waals surface area contributed by atoms with Crippen LogP contribution in [0.2, 0.25) is 0 Å². The van der Waals surface area contributed by atoms with Gasteiger partial charge in [0.15, 0.2) is 5.82 Å². The van der Waals surface area contributed by atoms with E-state index >= 15 is 0 Å². The topological polar surface area (TPSA) is 56.7 Å². The highest BCUT2D eigenvalue weighted by molar-refractivity contribution is 5.04. The lowest BCUT2D eigenvalue weighted by Crippen LogP contribution is -2.48. The van der Waals surface area contributed by atoms with Gasteiger partial charge in [-0.2, -0.15) is 5.10 Å². The zero-order chi connectivity index (χ0) is 10.9. The van der Waals surface area contributed by atoms with Crippen LogP contribution in [-0.4, -0.2) is 20.3 Å². The van der Waals surface area contributed by atoms with E-state index < -0.39 is 0 Å². The van der Waals surface area contributed by atoms with Gasteiger partial charge in [0.1, 0.15) is 5.82 Å². The highest BCUT2D eigenvalue weighted by atomic mass is 15.3. The maximum absolute atomic E-state index is 6.21. The van der Waals surface area contributed by atoms with Crippen LogP contribution in [0.25, 0.3) is 0 Å². The first-order valence-electron chi connectivity index (χ1n) is 5.81. The van der Waals surface area contributed by atoms with Crippen molar-refractivity contribution in [1.82, 2.24) is 14.8 Å². The highest BCUT2D eigenvalue weighted by Crippen LogP contribution is 2.31. The fourth-order valence-electron chi connectivity index (χ4n) is 2.08. The Labute approximate surface area is 90.9 Å². The van der Waals surface area contributed by atoms with Crippen molar-refractivity contribution in [3.63, 3.8) is 0 Å². The normalized spacial score (nSPS) is 18.9. The second-order valence-electron chi connectivity index (χ2n) is 4.71. The van der Waals surface area contributed by atoms with Gasteiger partial charge in [0.05, 0.1) is 0 Å². The van der Waals surface area contributed by atoms with Crippen molar-refractivity contribution in [2.75, 3.05) is 0 Å². The molecule has 2 rings (SSSR count). The van der Waals surface area contributed by atoms with Crippen molar-refractivity contribution in [2.24, 2.45) is 12.8 Å². The summed E-state index contributed by atoms with van der Waals surface area (Å²) in [6, 6.07) is 0. The molecule has 2 N–H and O–H groups in total. The molecule has 0 amide bonds. The Morgan fingerprint density at radius 2 is 2.20 bits per heavy atom. The van der Waals surface area contributed by atoms with Gasteiger partial charge in [0.25, 0.3) is 0 Å². The molecule has 1 fully saturated rings. The molecular weight excluding hydrogens is 188 g/mol. The van der Waals surface area contributed by atoms with Gasteiger partial charge < -0.3 is 5.73 Å². The third-order valence-corrected chi connectivity index (χ3v) is 3.23. The standard InChI is InChI=1S/C11H20N4/c1-3-5-9-13-10(15(2)14-9)8-11(12)6-4-7-11/h3-8,12H2,1-2H3. The fourth-order valence-corrected chi connectivity index (χ4v) is 2.08. The Morgan fingerprint density at radius 1 is 1.47 bits per heavy atom. The molecule has 0 saturated heterocycles. The van der Waals surface area contributed by atoms with E-state index in [-0.39, 0.29) is 5.54 Å². The van der Waals surface area contributed by atoms with Crippen LogP contribution in [0.4, 0.5) is 0 Å². The largest absolute Gasteiger partial charge is 0.325 e. The summed E-state index contributed by atoms with van der Waals surface area (Å²) >= 11 is 0. The predicted molar refractivity (Wildman–Crippen MR) is 59.5 cm³/mol. The second-order valence-corrected chi connectivity index (χ2v) is 4.71. The zero-order valence-corrected chi connectivity index (χ0v) is 9.66. The first-order valence-corrected chi connectivity index (χ1v) is 5.81. The average Bonchev–Trinajstić information content (AvgIpc) is 2.45. The van der Waals surface area contributed by atoms with Gasteiger partial charge in [-0.1, -0.05) is 6.92 Å². The lowest BCUT2D eigenvalue weighted by molar-refractivity contribution is 0.241. The minimum atomic E-state index is 0.00424. The van der Waals surface area contributed by atoms with Crippen LogP contribution in [0.1, 0.15) is 44.3 Å². The molecule has 4 heteroatoms. The Bertz CT molecular complexity index is 338. The molecule has 0 atom stereocenters. The van der Waals surface area contributed by atoms with Crippen molar-refractivity contribution < 1.29 is 0 Å². The molecule has 0 radical (unpaired) electrons. The van der Waals surface area contributed by atoms with Crippen molar-refractivity contribution >= 4 is 0 Å². The first kappa shape index (κ1) is 10.6. The molecule has 4 nitrogen and oxygen atoms in total. The smallest absolute Gasteiger partial charge is 0.150 e. The quantitative estimate of drug-likeness (QED) is 0.808. The summed E-state index contributed by atoms with van der Waals surface area (Å²) < 4.78 is 1.89. The van der Waals surface area contributed by atoms with Gasteiger partial charge in [-0.05, 0) is 25.7 Å². The van der Waals surface area contributed by atoms with Crippen LogP contribution in [0.15, 0.2) is 0 Å². The molecule has 0 unspecified atom stereocenters. The maximum Gasteiger partial charge on any atom is 0.150 e. The number of aromatic nitrogens is 3. The van der Waals surface area contributed by atoms with Crippen LogP contribution < -0.4 is 5.73 Å². The number of nitrogens with zero attached hydrogens (tertiary/aromatic N) is 3. The summed E-state index contributed by atoms with van der Waals surface area (Å²) in [6.45, 7) is 2.15. The van der Waals surface area contributed by atoms with Crippen molar-refractivity contribution in [3.8, 4) is 0 Å². The van der Waals surface area contributed by atoms with Crippen molar-refractivity contribution in [2.45, 2.75) is 51.0 Å². The molecule has 1 aliphatic rings. The van der Waals surface area contributed by atoms with Gasteiger partial charge in [0.2, 0.25) is 0 Å². The maximum atomic E-state index is 6.21. The molecule has 1 aromatic heterocycles. The van der Waals surface area contributed by atoms with Gasteiger partial charge in [-0.25, -0.2) is 4.98 Å². The van der Waals surface area contributed by atoms with Gasteiger partial charge >= 0.3 is 0 Å². The fraction of sp³-hybridized carbons (Fsp3) is 0.818. The second kappa shape index (κ2) is 3.93. The lowest BCUT2D eigenvalue weighted by Gasteiger charge is -2.37. The van der Waals surface area contributed by atoms with Crippen molar-refractivity contribution in [3.05, 3.63) is 11.6 Å². The summed E-state index contributed by atoms with van der Waals surface area (Å²) in [5, 5.41) is 4.39. The third-order valence-electron chi connectivity index (χ3n) is 3.23. The Balaban J connectivity index is 2.07. The van der Waals surface area contributed by atoms with Gasteiger partial charge in [-0.3, -0.25) is 4.68 Å². The molecule has 1 saturated carbocycles. The van der Waals surface area contributed by atoms with E-state index in [9.17, 15) is 0 Å². The predicted octanol–water partition coefficient (Wildman–Crippen LogP) is 1.19. The number of rotatable bonds is 4. The Morgan fingerprint density at radius 3 is 2.73 bits per heavy atom. The summed E-state index contributed by atoms with van der Waals surface area (Å²) in [4.78, 5) is 4.54. The lowest BCUT2D eigenvalue weighted by atomic mass is 9.75. The van der Waals surface area contributed by atoms with Crippen LogP contribution in [0, 0.1) is 0 Å². The number of aryl methyl sites for hydroxylation is 2. The van der Waals surface area contributed by atoms with E-state index in [0.717, 1.165) is 43.8 Å². The van der Waals surface area contributed by atoms with Crippen molar-refractivity contribution in [1.29, 1.82) is 0 Å². The van der Waals surface area contributed by atoms with E-state index in [1.807, 2.05) is 11.7 Å². The SMILES string of the molecule is CCCc1nc(CC2(N)CCC2)n(C)n1. The van der Waals surface area contributed by atoms with Gasteiger partial charge in [-0.15, -0.1) is 0 Å². The number of nitrogens with two attached hydrogens (primary N) is 1. The summed E-state index contributed by atoms with van der Waals surface area (Å²) in [5.41, 5.74) is 6.21. The monoisotopic (exact) mass is 208 g/mol. The van der Waals surface area contributed by atoms with E-state index in [0.29, 0.717) is 0 Å². The average molecular weight is 208 g/mol. The number of hydrogen-bond acceptors (Lipinski definition) is 3. The first-order chi connectivity index (χ1) is 7.13. The minimum absolute atomic E-state index is 0.00424. The van der Waals surface area contributed by atoms with E-state index in [2.05, 4.69) is 17.0 Å². The summed E-state index contributed by atoms with van der Waals surface area (Å²) in [7, 11) is 1.96. The molecule has 1 heterocycles. The molecule has 0 aliphatic heterocycles. The molecule has 0 bridgehead atoms. The molecular formula is C11H20N4. The number of hydrogen-bond donors (Lipinski definition) is 1. The van der Waals surface area contributed by atoms with E-state index in [1.54, 1.807) is 0 Å². The van der Waals surface area contributed by atoms with Crippen LogP contribution in [0.3, 0.4) is 0 Å². The molecule has 1 aromatic rings. The molecule has 0 spiro atoms. The van der Waals surface area contributed by atoms with Crippen LogP contribution in [0.5, 0.6) is 0 Å². The molecule has 15 heavy (non-hydrogen) atoms. The van der Waals surface area contributed by atoms with E-state index in [4.69, 9.17) is 5.73 Å². The minimum Gasteiger partial charge on any atom is -0.325 e. The van der Waals surface area contributed by atoms with Crippen LogP contribution in [-0.2, 0) is 19.9 Å². The summed E-state index contributed by atoms with van der Waals surface area (Å²) in [5.74, 6) is 2.00. The van der Waals surface area contributed by atoms with Gasteiger partial charge in [0, 0.05) is 25.4 Å². The Hall–Kier alpha value is -0.900. The Kier molecular flexibility index (Phi) is 2.78. The summed E-state index contributed by atoms with van der Waals surface area (Å²) in [6.07, 6.45) is 6.45. The van der Waals surface area contributed by atoms with E-state index in [1.165, 1.54) is 6.42 Å². The van der Waals surface area contributed by atoms with Crippen LogP contribution >= 0.6 is 0 Å². The zero-order valence-electron chi connectivity index (χ0n) is 9.66. The third kappa shape index (κ3) is 2.20. The molecule has 84 valence electrons. The highest BCUT2D eigenvalue weighted by Gasteiger charge is 2.34.